The van der Waals surface area contributed by atoms with E-state index in [1.54, 1.807) is 4.90 Å². The molecule has 0 aliphatic carbocycles. The highest BCUT2D eigenvalue weighted by Gasteiger charge is 2.22. The Morgan fingerprint density at radius 2 is 1.88 bits per heavy atom. The molecule has 0 radical (unpaired) electrons. The lowest BCUT2D eigenvalue weighted by atomic mass is 10.00. The van der Waals surface area contributed by atoms with Crippen molar-refractivity contribution in [1.29, 1.82) is 0 Å². The molecule has 3 heteroatoms. The van der Waals surface area contributed by atoms with Crippen molar-refractivity contribution in [2.45, 2.75) is 19.8 Å². The first kappa shape index (κ1) is 12.0. The topological polar surface area (TPSA) is 23.6 Å². The van der Waals surface area contributed by atoms with Crippen LogP contribution in [-0.4, -0.2) is 37.5 Å². The van der Waals surface area contributed by atoms with Gasteiger partial charge in [-0.3, -0.25) is 4.79 Å². The van der Waals surface area contributed by atoms with Gasteiger partial charge in [0.1, 0.15) is 0 Å². The van der Waals surface area contributed by atoms with Gasteiger partial charge in [-0.15, -0.1) is 0 Å². The van der Waals surface area contributed by atoms with E-state index in [4.69, 9.17) is 0 Å². The Morgan fingerprint density at radius 1 is 1.18 bits per heavy atom. The Hall–Kier alpha value is -1.51. The van der Waals surface area contributed by atoms with Gasteiger partial charge < -0.3 is 9.80 Å². The number of carbonyl (C=O) groups is 1. The van der Waals surface area contributed by atoms with Crippen LogP contribution >= 0.6 is 0 Å². The molecule has 17 heavy (non-hydrogen) atoms. The summed E-state index contributed by atoms with van der Waals surface area (Å²) >= 11 is 0. The first-order chi connectivity index (χ1) is 8.09. The number of rotatable bonds is 2. The maximum atomic E-state index is 11.7. The van der Waals surface area contributed by atoms with Gasteiger partial charge >= 0.3 is 0 Å². The average molecular weight is 232 g/mol. The third-order valence-corrected chi connectivity index (χ3v) is 3.36. The Bertz CT molecular complexity index is 414. The molecule has 2 rings (SSSR count). The van der Waals surface area contributed by atoms with Crippen molar-refractivity contribution in [3.8, 4) is 0 Å². The summed E-state index contributed by atoms with van der Waals surface area (Å²) < 4.78 is 0. The molecule has 0 aromatic heterocycles. The number of anilines is 1. The smallest absolute Gasteiger partial charge is 0.241 e. The Balaban J connectivity index is 2.25. The summed E-state index contributed by atoms with van der Waals surface area (Å²) in [5.74, 6) is 0.691. The van der Waals surface area contributed by atoms with Gasteiger partial charge in [-0.2, -0.15) is 0 Å². The molecule has 1 heterocycles. The lowest BCUT2D eigenvalue weighted by Gasteiger charge is -2.35. The Labute approximate surface area is 103 Å². The third kappa shape index (κ3) is 2.43. The second kappa shape index (κ2) is 4.78. The zero-order valence-electron chi connectivity index (χ0n) is 10.8. The van der Waals surface area contributed by atoms with Crippen molar-refractivity contribution in [1.82, 2.24) is 4.90 Å². The lowest BCUT2D eigenvalue weighted by molar-refractivity contribution is -0.129. The average Bonchev–Trinajstić information content (AvgIpc) is 2.32. The molecule has 3 nitrogen and oxygen atoms in total. The highest BCUT2D eigenvalue weighted by atomic mass is 16.2. The SMILES string of the molecule is CC(C)c1ccccc1N1CCN(C)C(=O)C1. The molecule has 0 N–H and O–H groups in total. The molecule has 92 valence electrons. The quantitative estimate of drug-likeness (QED) is 0.779. The highest BCUT2D eigenvalue weighted by Crippen LogP contribution is 2.27. The molecule has 1 aromatic carbocycles. The van der Waals surface area contributed by atoms with Crippen molar-refractivity contribution >= 4 is 11.6 Å². The number of hydrogen-bond donors (Lipinski definition) is 0. The van der Waals surface area contributed by atoms with Gasteiger partial charge in [-0.25, -0.2) is 0 Å². The maximum Gasteiger partial charge on any atom is 0.241 e. The van der Waals surface area contributed by atoms with Crippen molar-refractivity contribution in [3.63, 3.8) is 0 Å². The van der Waals surface area contributed by atoms with E-state index >= 15 is 0 Å². The second-order valence-corrected chi connectivity index (χ2v) is 4.95. The molecule has 1 aliphatic rings. The van der Waals surface area contributed by atoms with Crippen molar-refractivity contribution in [3.05, 3.63) is 29.8 Å². The van der Waals surface area contributed by atoms with Crippen LogP contribution in [0.1, 0.15) is 25.3 Å². The van der Waals surface area contributed by atoms with Crippen LogP contribution in [0.15, 0.2) is 24.3 Å². The number of amides is 1. The van der Waals surface area contributed by atoms with Crippen LogP contribution in [-0.2, 0) is 4.79 Å². The summed E-state index contributed by atoms with van der Waals surface area (Å²) in [5.41, 5.74) is 2.54. The standard InChI is InChI=1S/C14H20N2O/c1-11(2)12-6-4-5-7-13(12)16-9-8-15(3)14(17)10-16/h4-7,11H,8-10H2,1-3H3. The van der Waals surface area contributed by atoms with Crippen LogP contribution in [0.2, 0.25) is 0 Å². The Kier molecular flexibility index (Phi) is 3.36. The molecule has 1 aliphatic heterocycles. The summed E-state index contributed by atoms with van der Waals surface area (Å²) in [6.45, 7) is 6.62. The largest absolute Gasteiger partial charge is 0.360 e. The van der Waals surface area contributed by atoms with Gasteiger partial charge in [0.05, 0.1) is 6.54 Å². The van der Waals surface area contributed by atoms with Crippen LogP contribution in [0, 0.1) is 0 Å². The van der Waals surface area contributed by atoms with Gasteiger partial charge in [-0.1, -0.05) is 32.0 Å². The minimum absolute atomic E-state index is 0.204. The normalized spacial score (nSPS) is 16.8. The van der Waals surface area contributed by atoms with Crippen LogP contribution in [0.5, 0.6) is 0 Å². The first-order valence-electron chi connectivity index (χ1n) is 6.17. The van der Waals surface area contributed by atoms with E-state index in [1.165, 1.54) is 11.3 Å². The molecule has 0 spiro atoms. The molecular formula is C14H20N2O. The number of likely N-dealkylation sites (N-methyl/N-ethyl adjacent to an activating group) is 1. The summed E-state index contributed by atoms with van der Waals surface area (Å²) in [5, 5.41) is 0. The predicted molar refractivity (Wildman–Crippen MR) is 70.4 cm³/mol. The minimum Gasteiger partial charge on any atom is -0.360 e. The molecule has 1 aromatic rings. The first-order valence-corrected chi connectivity index (χ1v) is 6.17. The monoisotopic (exact) mass is 232 g/mol. The molecular weight excluding hydrogens is 212 g/mol. The maximum absolute atomic E-state index is 11.7. The molecule has 0 atom stereocenters. The number of nitrogens with zero attached hydrogens (tertiary/aromatic N) is 2. The van der Waals surface area contributed by atoms with E-state index < -0.39 is 0 Å². The van der Waals surface area contributed by atoms with Crippen LogP contribution in [0.3, 0.4) is 0 Å². The third-order valence-electron chi connectivity index (χ3n) is 3.36. The Morgan fingerprint density at radius 3 is 2.53 bits per heavy atom. The number of piperazine rings is 1. The van der Waals surface area contributed by atoms with E-state index in [0.29, 0.717) is 12.5 Å². The highest BCUT2D eigenvalue weighted by molar-refractivity contribution is 5.83. The summed E-state index contributed by atoms with van der Waals surface area (Å²) in [6, 6.07) is 8.39. The van der Waals surface area contributed by atoms with Crippen molar-refractivity contribution < 1.29 is 4.79 Å². The number of carbonyl (C=O) groups excluding carboxylic acids is 1. The van der Waals surface area contributed by atoms with E-state index in [-0.39, 0.29) is 5.91 Å². The molecule has 0 unspecified atom stereocenters. The number of hydrogen-bond acceptors (Lipinski definition) is 2. The number of para-hydroxylation sites is 1. The molecule has 1 saturated heterocycles. The van der Waals surface area contributed by atoms with Gasteiger partial charge in [-0.05, 0) is 17.5 Å². The van der Waals surface area contributed by atoms with Gasteiger partial charge in [0.2, 0.25) is 5.91 Å². The zero-order chi connectivity index (χ0) is 12.4. The predicted octanol–water partition coefficient (Wildman–Crippen LogP) is 2.09. The van der Waals surface area contributed by atoms with Crippen LogP contribution in [0.25, 0.3) is 0 Å². The van der Waals surface area contributed by atoms with Crippen LogP contribution in [0.4, 0.5) is 5.69 Å². The molecule has 0 bridgehead atoms. The van der Waals surface area contributed by atoms with Gasteiger partial charge in [0.25, 0.3) is 0 Å². The molecule has 0 saturated carbocycles. The van der Waals surface area contributed by atoms with Crippen molar-refractivity contribution in [2.24, 2.45) is 0 Å². The fraction of sp³-hybridized carbons (Fsp3) is 0.500. The summed E-state index contributed by atoms with van der Waals surface area (Å²) in [4.78, 5) is 15.7. The van der Waals surface area contributed by atoms with Crippen molar-refractivity contribution in [2.75, 3.05) is 31.6 Å². The van der Waals surface area contributed by atoms with Gasteiger partial charge in [0, 0.05) is 25.8 Å². The summed E-state index contributed by atoms with van der Waals surface area (Å²) in [6.07, 6.45) is 0. The van der Waals surface area contributed by atoms with E-state index in [2.05, 4.69) is 36.9 Å². The molecule has 1 amide bonds. The van der Waals surface area contributed by atoms with Crippen LogP contribution < -0.4 is 4.90 Å². The summed E-state index contributed by atoms with van der Waals surface area (Å²) in [7, 11) is 1.87. The number of benzene rings is 1. The minimum atomic E-state index is 0.204. The zero-order valence-corrected chi connectivity index (χ0v) is 10.8. The van der Waals surface area contributed by atoms with E-state index in [9.17, 15) is 4.79 Å². The molecule has 1 fully saturated rings. The fourth-order valence-corrected chi connectivity index (χ4v) is 2.23. The lowest BCUT2D eigenvalue weighted by Crippen LogP contribution is -2.48. The fourth-order valence-electron chi connectivity index (χ4n) is 2.23. The second-order valence-electron chi connectivity index (χ2n) is 4.95. The van der Waals surface area contributed by atoms with Gasteiger partial charge in [0.15, 0.2) is 0 Å². The van der Waals surface area contributed by atoms with E-state index in [1.807, 2.05) is 13.1 Å². The van der Waals surface area contributed by atoms with E-state index in [0.717, 1.165) is 13.1 Å².